The number of anilines is 1. The highest BCUT2D eigenvalue weighted by Gasteiger charge is 2.19. The summed E-state index contributed by atoms with van der Waals surface area (Å²) in [5, 5.41) is 12.3. The second-order valence-electron chi connectivity index (χ2n) is 3.58. The van der Waals surface area contributed by atoms with E-state index in [-0.39, 0.29) is 15.6 Å². The Morgan fingerprint density at radius 1 is 1.35 bits per heavy atom. The number of hydrogen-bond acceptors (Lipinski definition) is 3. The van der Waals surface area contributed by atoms with Gasteiger partial charge in [0.25, 0.3) is 5.91 Å². The smallest absolute Gasteiger partial charge is 0.259 e. The predicted octanol–water partition coefficient (Wildman–Crippen LogP) is 4.46. The van der Waals surface area contributed by atoms with Gasteiger partial charge in [0.05, 0.1) is 10.6 Å². The molecule has 0 aliphatic rings. The standard InChI is InChI=1S/C12H4Cl2F2N2OS/c13-7-4-20-12(6(7)3-17)18-11(19)5-1-2-8(15)9(14)10(5)16/h1-2,4H,(H,18,19). The molecule has 0 saturated carbocycles. The fourth-order valence-corrected chi connectivity index (χ4v) is 2.66. The minimum Gasteiger partial charge on any atom is -0.312 e. The van der Waals surface area contributed by atoms with Crippen LogP contribution in [0.3, 0.4) is 0 Å². The predicted molar refractivity (Wildman–Crippen MR) is 73.4 cm³/mol. The monoisotopic (exact) mass is 332 g/mol. The molecule has 1 aromatic carbocycles. The van der Waals surface area contributed by atoms with Crippen molar-refractivity contribution in [2.75, 3.05) is 5.32 Å². The van der Waals surface area contributed by atoms with Gasteiger partial charge in [0.15, 0.2) is 5.82 Å². The minimum atomic E-state index is -1.16. The molecule has 0 bridgehead atoms. The molecule has 1 heterocycles. The first kappa shape index (κ1) is 14.7. The maximum Gasteiger partial charge on any atom is 0.259 e. The molecule has 1 N–H and O–H groups in total. The molecule has 0 unspecified atom stereocenters. The second kappa shape index (κ2) is 5.75. The van der Waals surface area contributed by atoms with Crippen molar-refractivity contribution in [1.29, 1.82) is 5.26 Å². The van der Waals surface area contributed by atoms with Crippen LogP contribution in [0.5, 0.6) is 0 Å². The van der Waals surface area contributed by atoms with Crippen LogP contribution < -0.4 is 5.32 Å². The first-order valence-corrected chi connectivity index (χ1v) is 6.71. The highest BCUT2D eigenvalue weighted by Crippen LogP contribution is 2.32. The summed E-state index contributed by atoms with van der Waals surface area (Å²) < 4.78 is 26.7. The van der Waals surface area contributed by atoms with Gasteiger partial charge in [0.1, 0.15) is 27.5 Å². The first-order valence-electron chi connectivity index (χ1n) is 5.07. The van der Waals surface area contributed by atoms with E-state index >= 15 is 0 Å². The van der Waals surface area contributed by atoms with Crippen molar-refractivity contribution in [1.82, 2.24) is 0 Å². The molecule has 0 spiro atoms. The number of benzene rings is 1. The number of halogens is 4. The van der Waals surface area contributed by atoms with Gasteiger partial charge in [-0.2, -0.15) is 5.26 Å². The molecule has 0 aliphatic carbocycles. The third-order valence-corrected chi connectivity index (χ3v) is 4.03. The molecular weight excluding hydrogens is 329 g/mol. The summed E-state index contributed by atoms with van der Waals surface area (Å²) in [5.41, 5.74) is -0.344. The van der Waals surface area contributed by atoms with Crippen LogP contribution in [-0.4, -0.2) is 5.91 Å². The maximum absolute atomic E-state index is 13.7. The van der Waals surface area contributed by atoms with Crippen molar-refractivity contribution in [3.63, 3.8) is 0 Å². The molecule has 1 aromatic heterocycles. The lowest BCUT2D eigenvalue weighted by Crippen LogP contribution is -2.14. The average Bonchev–Trinajstić information content (AvgIpc) is 2.76. The number of nitriles is 1. The lowest BCUT2D eigenvalue weighted by atomic mass is 10.2. The van der Waals surface area contributed by atoms with E-state index in [4.69, 9.17) is 28.5 Å². The van der Waals surface area contributed by atoms with Crippen LogP contribution in [0.2, 0.25) is 10.0 Å². The van der Waals surface area contributed by atoms with Crippen LogP contribution in [0, 0.1) is 23.0 Å². The molecule has 0 saturated heterocycles. The number of carbonyl (C=O) groups excluding carboxylic acids is 1. The van der Waals surface area contributed by atoms with Gasteiger partial charge in [0.2, 0.25) is 0 Å². The molecule has 3 nitrogen and oxygen atoms in total. The van der Waals surface area contributed by atoms with E-state index in [1.54, 1.807) is 0 Å². The van der Waals surface area contributed by atoms with Crippen LogP contribution in [0.15, 0.2) is 17.5 Å². The van der Waals surface area contributed by atoms with Gasteiger partial charge in [-0.25, -0.2) is 8.78 Å². The van der Waals surface area contributed by atoms with Crippen molar-refractivity contribution < 1.29 is 13.6 Å². The molecule has 20 heavy (non-hydrogen) atoms. The van der Waals surface area contributed by atoms with Crippen molar-refractivity contribution in [3.8, 4) is 6.07 Å². The van der Waals surface area contributed by atoms with Crippen molar-refractivity contribution >= 4 is 45.4 Å². The Morgan fingerprint density at radius 3 is 2.70 bits per heavy atom. The van der Waals surface area contributed by atoms with Gasteiger partial charge in [-0.15, -0.1) is 11.3 Å². The maximum atomic E-state index is 13.7. The van der Waals surface area contributed by atoms with Gasteiger partial charge in [0, 0.05) is 5.38 Å². The largest absolute Gasteiger partial charge is 0.312 e. The summed E-state index contributed by atoms with van der Waals surface area (Å²) in [4.78, 5) is 11.9. The van der Waals surface area contributed by atoms with E-state index in [1.807, 2.05) is 6.07 Å². The molecule has 0 atom stereocenters. The fraction of sp³-hybridized carbons (Fsp3) is 0. The lowest BCUT2D eigenvalue weighted by Gasteiger charge is -2.06. The van der Waals surface area contributed by atoms with Crippen LogP contribution in [-0.2, 0) is 0 Å². The molecule has 0 radical (unpaired) electrons. The van der Waals surface area contributed by atoms with E-state index in [0.717, 1.165) is 23.5 Å². The number of carbonyl (C=O) groups is 1. The number of rotatable bonds is 2. The summed E-state index contributed by atoms with van der Waals surface area (Å²) in [7, 11) is 0. The summed E-state index contributed by atoms with van der Waals surface area (Å²) in [5.74, 6) is -2.97. The van der Waals surface area contributed by atoms with E-state index in [2.05, 4.69) is 5.32 Å². The Kier molecular flexibility index (Phi) is 4.23. The zero-order valence-corrected chi connectivity index (χ0v) is 11.8. The quantitative estimate of drug-likeness (QED) is 0.825. The molecule has 8 heteroatoms. The number of amides is 1. The summed E-state index contributed by atoms with van der Waals surface area (Å²) in [6, 6.07) is 3.67. The van der Waals surface area contributed by atoms with E-state index < -0.39 is 28.1 Å². The third kappa shape index (κ3) is 2.61. The van der Waals surface area contributed by atoms with Crippen LogP contribution >= 0.6 is 34.5 Å². The van der Waals surface area contributed by atoms with Crippen LogP contribution in [0.1, 0.15) is 15.9 Å². The highest BCUT2D eigenvalue weighted by molar-refractivity contribution is 7.15. The Morgan fingerprint density at radius 2 is 2.05 bits per heavy atom. The summed E-state index contributed by atoms with van der Waals surface area (Å²) in [6.07, 6.45) is 0. The van der Waals surface area contributed by atoms with Crippen LogP contribution in [0.4, 0.5) is 13.8 Å². The van der Waals surface area contributed by atoms with Crippen molar-refractivity contribution in [3.05, 3.63) is 50.3 Å². The normalized spacial score (nSPS) is 10.2. The van der Waals surface area contributed by atoms with Gasteiger partial charge < -0.3 is 5.32 Å². The Bertz CT molecular complexity index is 740. The van der Waals surface area contributed by atoms with E-state index in [9.17, 15) is 13.6 Å². The highest BCUT2D eigenvalue weighted by atomic mass is 35.5. The van der Waals surface area contributed by atoms with Crippen LogP contribution in [0.25, 0.3) is 0 Å². The van der Waals surface area contributed by atoms with Crippen molar-refractivity contribution in [2.24, 2.45) is 0 Å². The topological polar surface area (TPSA) is 52.9 Å². The molecule has 2 aromatic rings. The minimum absolute atomic E-state index is 0.0821. The number of nitrogens with one attached hydrogen (secondary N) is 1. The fourth-order valence-electron chi connectivity index (χ4n) is 1.40. The number of nitrogens with zero attached hydrogens (tertiary/aromatic N) is 1. The second-order valence-corrected chi connectivity index (χ2v) is 5.24. The molecule has 1 amide bonds. The summed E-state index contributed by atoms with van der Waals surface area (Å²) in [6.45, 7) is 0. The summed E-state index contributed by atoms with van der Waals surface area (Å²) >= 11 is 12.2. The third-order valence-electron chi connectivity index (χ3n) is 2.36. The molecule has 102 valence electrons. The zero-order valence-electron chi connectivity index (χ0n) is 9.51. The number of hydrogen-bond donors (Lipinski definition) is 1. The SMILES string of the molecule is N#Cc1c(Cl)csc1NC(=O)c1ccc(F)c(Cl)c1F. The Labute approximate surface area is 126 Å². The Balaban J connectivity index is 2.34. The first-order chi connectivity index (χ1) is 9.45. The molecule has 0 aliphatic heterocycles. The van der Waals surface area contributed by atoms with Gasteiger partial charge in [-0.05, 0) is 12.1 Å². The van der Waals surface area contributed by atoms with Crippen molar-refractivity contribution in [2.45, 2.75) is 0 Å². The number of thiophene rings is 1. The lowest BCUT2D eigenvalue weighted by molar-refractivity contribution is 0.102. The van der Waals surface area contributed by atoms with Gasteiger partial charge in [-0.3, -0.25) is 4.79 Å². The molecular formula is C12H4Cl2F2N2OS. The molecule has 2 rings (SSSR count). The molecule has 0 fully saturated rings. The zero-order chi connectivity index (χ0) is 14.9. The van der Waals surface area contributed by atoms with E-state index in [0.29, 0.717) is 0 Å². The average molecular weight is 333 g/mol. The van der Waals surface area contributed by atoms with E-state index in [1.165, 1.54) is 5.38 Å². The van der Waals surface area contributed by atoms with Gasteiger partial charge >= 0.3 is 0 Å². The Hall–Kier alpha value is -1.68. The van der Waals surface area contributed by atoms with Gasteiger partial charge in [-0.1, -0.05) is 23.2 Å².